The number of hydrogen-bond donors (Lipinski definition) is 1. The van der Waals surface area contributed by atoms with Gasteiger partial charge >= 0.3 is 0 Å². The second-order valence-electron chi connectivity index (χ2n) is 9.13. The Bertz CT molecular complexity index is 1430. The molecule has 3 aliphatic rings. The fourth-order valence-electron chi connectivity index (χ4n) is 5.16. The molecule has 0 spiro atoms. The summed E-state index contributed by atoms with van der Waals surface area (Å²) in [5, 5.41) is 2.37. The first-order chi connectivity index (χ1) is 16.9. The fraction of sp³-hybridized carbons (Fsp3) is 0.320. The number of methoxy groups -OCH3 is 1. The molecule has 10 nitrogen and oxygen atoms in total. The molecule has 1 aromatic carbocycles. The van der Waals surface area contributed by atoms with E-state index in [1.807, 2.05) is 6.07 Å². The van der Waals surface area contributed by atoms with E-state index < -0.39 is 17.2 Å². The van der Waals surface area contributed by atoms with Gasteiger partial charge in [0, 0.05) is 37.7 Å². The van der Waals surface area contributed by atoms with Gasteiger partial charge in [-0.1, -0.05) is 6.07 Å². The molecule has 1 atom stereocenters. The number of nitrogens with zero attached hydrogens (tertiary/aromatic N) is 3. The standard InChI is InChI=1S/C25H22N4O6/c1-34-15-5-4-14-12-28(23(32)16(14)9-15)13-25(11-21(30)27-24(25)33)19-10-17-18(35-19)6-7-20(26-17)29-8-2-3-22(29)31/h4-7,9-10H,2-3,8,11-13H2,1H3,(H,27,30,33)/t25-/m1/s1. The number of furan rings is 1. The Morgan fingerprint density at radius 3 is 2.71 bits per heavy atom. The number of fused-ring (bicyclic) bond motifs is 2. The van der Waals surface area contributed by atoms with Crippen molar-refractivity contribution in [1.82, 2.24) is 15.2 Å². The van der Waals surface area contributed by atoms with Crippen LogP contribution in [0.15, 0.2) is 40.8 Å². The molecule has 0 bridgehead atoms. The number of hydrogen-bond acceptors (Lipinski definition) is 7. The highest BCUT2D eigenvalue weighted by molar-refractivity contribution is 6.10. The predicted octanol–water partition coefficient (Wildman–Crippen LogP) is 1.90. The summed E-state index contributed by atoms with van der Waals surface area (Å²) in [4.78, 5) is 58.5. The van der Waals surface area contributed by atoms with E-state index in [0.29, 0.717) is 47.7 Å². The number of aromatic nitrogens is 1. The lowest BCUT2D eigenvalue weighted by molar-refractivity contribution is -0.127. The zero-order valence-corrected chi connectivity index (χ0v) is 19.0. The lowest BCUT2D eigenvalue weighted by Crippen LogP contribution is -2.46. The summed E-state index contributed by atoms with van der Waals surface area (Å²) in [6.07, 6.45) is 1.12. The van der Waals surface area contributed by atoms with Crippen molar-refractivity contribution < 1.29 is 28.3 Å². The van der Waals surface area contributed by atoms with E-state index in [1.165, 1.54) is 7.11 Å². The summed E-state index contributed by atoms with van der Waals surface area (Å²) in [6.45, 7) is 0.879. The van der Waals surface area contributed by atoms with Crippen LogP contribution in [0.3, 0.4) is 0 Å². The van der Waals surface area contributed by atoms with E-state index in [1.54, 1.807) is 40.1 Å². The number of anilines is 1. The Balaban J connectivity index is 1.37. The smallest absolute Gasteiger partial charge is 0.254 e. The van der Waals surface area contributed by atoms with Gasteiger partial charge in [0.05, 0.1) is 13.5 Å². The van der Waals surface area contributed by atoms with Crippen molar-refractivity contribution in [3.05, 3.63) is 53.3 Å². The van der Waals surface area contributed by atoms with Crippen molar-refractivity contribution in [2.24, 2.45) is 0 Å². The Labute approximate surface area is 199 Å². The molecule has 3 aromatic rings. The number of carbonyl (C=O) groups is 4. The zero-order chi connectivity index (χ0) is 24.3. The summed E-state index contributed by atoms with van der Waals surface area (Å²) in [6, 6.07) is 10.3. The summed E-state index contributed by atoms with van der Waals surface area (Å²) in [5.74, 6) is 0.173. The van der Waals surface area contributed by atoms with Gasteiger partial charge in [0.25, 0.3) is 5.91 Å². The van der Waals surface area contributed by atoms with Crippen LogP contribution in [0.1, 0.15) is 40.9 Å². The second-order valence-corrected chi connectivity index (χ2v) is 9.13. The van der Waals surface area contributed by atoms with E-state index in [0.717, 1.165) is 12.0 Å². The molecule has 2 fully saturated rings. The van der Waals surface area contributed by atoms with Crippen LogP contribution in [0.4, 0.5) is 5.82 Å². The van der Waals surface area contributed by atoms with Crippen molar-refractivity contribution in [1.29, 1.82) is 0 Å². The highest BCUT2D eigenvalue weighted by Crippen LogP contribution is 2.39. The number of amides is 4. The summed E-state index contributed by atoms with van der Waals surface area (Å²) in [7, 11) is 1.53. The molecule has 0 unspecified atom stereocenters. The van der Waals surface area contributed by atoms with Crippen LogP contribution in [-0.2, 0) is 26.3 Å². The van der Waals surface area contributed by atoms with Crippen molar-refractivity contribution in [2.75, 3.05) is 25.1 Å². The Morgan fingerprint density at radius 1 is 1.14 bits per heavy atom. The van der Waals surface area contributed by atoms with E-state index >= 15 is 0 Å². The number of pyridine rings is 1. The minimum absolute atomic E-state index is 0.0153. The van der Waals surface area contributed by atoms with Crippen molar-refractivity contribution in [3.63, 3.8) is 0 Å². The number of nitrogens with one attached hydrogen (secondary N) is 1. The van der Waals surface area contributed by atoms with E-state index in [4.69, 9.17) is 9.15 Å². The van der Waals surface area contributed by atoms with Crippen molar-refractivity contribution in [3.8, 4) is 5.75 Å². The maximum absolute atomic E-state index is 13.2. The van der Waals surface area contributed by atoms with E-state index in [9.17, 15) is 19.2 Å². The first-order valence-corrected chi connectivity index (χ1v) is 11.4. The third-order valence-electron chi connectivity index (χ3n) is 6.99. The molecule has 4 amide bonds. The zero-order valence-electron chi connectivity index (χ0n) is 19.0. The summed E-state index contributed by atoms with van der Waals surface area (Å²) in [5.41, 5.74) is 0.855. The average Bonchev–Trinajstić information content (AvgIpc) is 3.60. The maximum atomic E-state index is 13.2. The van der Waals surface area contributed by atoms with Crippen LogP contribution in [-0.4, -0.2) is 53.7 Å². The van der Waals surface area contributed by atoms with Crippen LogP contribution >= 0.6 is 0 Å². The Kier molecular flexibility index (Phi) is 4.67. The van der Waals surface area contributed by atoms with Gasteiger partial charge in [-0.25, -0.2) is 4.98 Å². The third kappa shape index (κ3) is 3.28. The molecule has 178 valence electrons. The minimum Gasteiger partial charge on any atom is -0.497 e. The lowest BCUT2D eigenvalue weighted by atomic mass is 9.82. The molecule has 5 heterocycles. The van der Waals surface area contributed by atoms with Crippen LogP contribution in [0.2, 0.25) is 0 Å². The number of benzene rings is 1. The van der Waals surface area contributed by atoms with Crippen LogP contribution < -0.4 is 15.0 Å². The topological polar surface area (TPSA) is 122 Å². The number of rotatable bonds is 5. The SMILES string of the molecule is COc1ccc2c(c1)C(=O)N(C[C@@]1(c3cc4nc(N5CCCC5=O)ccc4o3)CC(=O)NC1=O)C2. The number of ether oxygens (including phenoxy) is 1. The van der Waals surface area contributed by atoms with Gasteiger partial charge in [0.2, 0.25) is 17.7 Å². The van der Waals surface area contributed by atoms with Gasteiger partial charge in [-0.3, -0.25) is 29.4 Å². The molecule has 0 saturated carbocycles. The normalized spacial score (nSPS) is 21.9. The predicted molar refractivity (Wildman–Crippen MR) is 123 cm³/mol. The first kappa shape index (κ1) is 21.3. The summed E-state index contributed by atoms with van der Waals surface area (Å²) < 4.78 is 11.3. The fourth-order valence-corrected chi connectivity index (χ4v) is 5.16. The molecule has 10 heteroatoms. The molecule has 6 rings (SSSR count). The summed E-state index contributed by atoms with van der Waals surface area (Å²) >= 11 is 0. The average molecular weight is 474 g/mol. The van der Waals surface area contributed by atoms with Crippen molar-refractivity contribution >= 4 is 40.5 Å². The van der Waals surface area contributed by atoms with Gasteiger partial charge in [0.1, 0.15) is 28.3 Å². The molecule has 2 aromatic heterocycles. The van der Waals surface area contributed by atoms with Gasteiger partial charge in [-0.05, 0) is 36.2 Å². The molecule has 0 aliphatic carbocycles. The Hall–Kier alpha value is -4.21. The quantitative estimate of drug-likeness (QED) is 0.561. The van der Waals surface area contributed by atoms with Crippen LogP contribution in [0, 0.1) is 0 Å². The highest BCUT2D eigenvalue weighted by Gasteiger charge is 2.53. The molecule has 0 radical (unpaired) electrons. The molecule has 1 N–H and O–H groups in total. The Morgan fingerprint density at radius 2 is 2.00 bits per heavy atom. The monoisotopic (exact) mass is 474 g/mol. The minimum atomic E-state index is -1.39. The molecule has 2 saturated heterocycles. The second kappa shape index (κ2) is 7.66. The highest BCUT2D eigenvalue weighted by atomic mass is 16.5. The van der Waals surface area contributed by atoms with Gasteiger partial charge in [-0.2, -0.15) is 0 Å². The first-order valence-electron chi connectivity index (χ1n) is 11.4. The molecule has 3 aliphatic heterocycles. The third-order valence-corrected chi connectivity index (χ3v) is 6.99. The molecular formula is C25H22N4O6. The van der Waals surface area contributed by atoms with Crippen LogP contribution in [0.5, 0.6) is 5.75 Å². The number of carbonyl (C=O) groups excluding carboxylic acids is 4. The van der Waals surface area contributed by atoms with Crippen LogP contribution in [0.25, 0.3) is 11.1 Å². The van der Waals surface area contributed by atoms with E-state index in [-0.39, 0.29) is 30.5 Å². The molecule has 35 heavy (non-hydrogen) atoms. The number of imide groups is 1. The van der Waals surface area contributed by atoms with Gasteiger partial charge in [0.15, 0.2) is 5.58 Å². The largest absolute Gasteiger partial charge is 0.497 e. The maximum Gasteiger partial charge on any atom is 0.254 e. The van der Waals surface area contributed by atoms with Gasteiger partial charge < -0.3 is 14.1 Å². The van der Waals surface area contributed by atoms with Gasteiger partial charge in [-0.15, -0.1) is 0 Å². The molecular weight excluding hydrogens is 452 g/mol. The van der Waals surface area contributed by atoms with Crippen molar-refractivity contribution in [2.45, 2.75) is 31.2 Å². The van der Waals surface area contributed by atoms with E-state index in [2.05, 4.69) is 10.3 Å². The lowest BCUT2D eigenvalue weighted by Gasteiger charge is -2.28.